The Morgan fingerprint density at radius 1 is 1.28 bits per heavy atom. The average Bonchev–Trinajstić information content (AvgIpc) is 3.25. The molecule has 1 saturated heterocycles. The number of carbonyl (C=O) groups is 3. The molecule has 1 aliphatic heterocycles. The highest BCUT2D eigenvalue weighted by atomic mass is 16.6. The molecule has 0 unspecified atom stereocenters. The van der Waals surface area contributed by atoms with Gasteiger partial charge in [0.25, 0.3) is 5.91 Å². The minimum absolute atomic E-state index is 0.160. The SMILES string of the molecule is COc1ccc2oc(C(N)=O)c(NC(=O)[C@@H]3CCCN3C(=O)OC(C)(C)C)c2c1. The molecule has 1 aliphatic rings. The predicted molar refractivity (Wildman–Crippen MR) is 106 cm³/mol. The van der Waals surface area contributed by atoms with Crippen molar-refractivity contribution in [2.75, 3.05) is 19.0 Å². The van der Waals surface area contributed by atoms with E-state index in [4.69, 9.17) is 19.6 Å². The van der Waals surface area contributed by atoms with E-state index in [0.717, 1.165) is 0 Å². The van der Waals surface area contributed by atoms with Gasteiger partial charge in [-0.2, -0.15) is 0 Å². The van der Waals surface area contributed by atoms with Crippen LogP contribution in [0.1, 0.15) is 44.2 Å². The van der Waals surface area contributed by atoms with Crippen molar-refractivity contribution in [3.8, 4) is 5.75 Å². The smallest absolute Gasteiger partial charge is 0.410 e. The van der Waals surface area contributed by atoms with Crippen molar-refractivity contribution in [3.63, 3.8) is 0 Å². The lowest BCUT2D eigenvalue weighted by atomic mass is 10.1. The Hall–Kier alpha value is -3.23. The number of anilines is 1. The van der Waals surface area contributed by atoms with E-state index in [1.54, 1.807) is 39.0 Å². The van der Waals surface area contributed by atoms with Crippen LogP contribution in [0.4, 0.5) is 10.5 Å². The van der Waals surface area contributed by atoms with Crippen LogP contribution in [0.15, 0.2) is 22.6 Å². The Morgan fingerprint density at radius 3 is 2.62 bits per heavy atom. The molecule has 9 nitrogen and oxygen atoms in total. The molecule has 3 rings (SSSR count). The number of nitrogens with two attached hydrogens (primary N) is 1. The highest BCUT2D eigenvalue weighted by Crippen LogP contribution is 2.34. The van der Waals surface area contributed by atoms with E-state index < -0.39 is 29.6 Å². The number of furan rings is 1. The zero-order valence-electron chi connectivity index (χ0n) is 16.9. The Labute approximate surface area is 168 Å². The highest BCUT2D eigenvalue weighted by Gasteiger charge is 2.37. The lowest BCUT2D eigenvalue weighted by Gasteiger charge is -2.28. The second-order valence-corrected chi connectivity index (χ2v) is 7.85. The van der Waals surface area contributed by atoms with E-state index in [2.05, 4.69) is 5.32 Å². The molecule has 2 aromatic rings. The molecule has 0 aliphatic carbocycles. The van der Waals surface area contributed by atoms with Crippen molar-refractivity contribution >= 4 is 34.6 Å². The fraction of sp³-hybridized carbons (Fsp3) is 0.450. The van der Waals surface area contributed by atoms with Crippen LogP contribution in [-0.4, -0.2) is 48.1 Å². The zero-order valence-corrected chi connectivity index (χ0v) is 16.9. The molecule has 1 aromatic carbocycles. The molecule has 29 heavy (non-hydrogen) atoms. The standard InChI is InChI=1S/C20H25N3O6/c1-20(2,3)29-19(26)23-9-5-6-13(23)18(25)22-15-12-10-11(27-4)7-8-14(12)28-16(15)17(21)24/h7-8,10,13H,5-6,9H2,1-4H3,(H2,21,24)(H,22,25)/t13-/m0/s1. The van der Waals surface area contributed by atoms with Crippen molar-refractivity contribution in [2.45, 2.75) is 45.3 Å². The molecule has 0 bridgehead atoms. The first-order chi connectivity index (χ1) is 13.6. The Morgan fingerprint density at radius 2 is 2.00 bits per heavy atom. The fourth-order valence-corrected chi connectivity index (χ4v) is 3.29. The van der Waals surface area contributed by atoms with Crippen molar-refractivity contribution in [2.24, 2.45) is 5.73 Å². The third-order valence-electron chi connectivity index (χ3n) is 4.55. The van der Waals surface area contributed by atoms with Crippen LogP contribution in [0.2, 0.25) is 0 Å². The number of primary amides is 1. The number of nitrogens with one attached hydrogen (secondary N) is 1. The number of hydrogen-bond donors (Lipinski definition) is 2. The summed E-state index contributed by atoms with van der Waals surface area (Å²) in [6, 6.07) is 4.21. The maximum absolute atomic E-state index is 13.0. The van der Waals surface area contributed by atoms with Gasteiger partial charge >= 0.3 is 6.09 Å². The van der Waals surface area contributed by atoms with Gasteiger partial charge in [0.1, 0.15) is 28.7 Å². The van der Waals surface area contributed by atoms with E-state index in [0.29, 0.717) is 36.1 Å². The molecule has 1 atom stereocenters. The van der Waals surface area contributed by atoms with E-state index in [-0.39, 0.29) is 11.4 Å². The number of likely N-dealkylation sites (tertiary alicyclic amines) is 1. The molecule has 0 spiro atoms. The monoisotopic (exact) mass is 403 g/mol. The fourth-order valence-electron chi connectivity index (χ4n) is 3.29. The summed E-state index contributed by atoms with van der Waals surface area (Å²) < 4.78 is 16.1. The van der Waals surface area contributed by atoms with Crippen LogP contribution in [-0.2, 0) is 9.53 Å². The van der Waals surface area contributed by atoms with Gasteiger partial charge in [-0.05, 0) is 51.8 Å². The van der Waals surface area contributed by atoms with Crippen LogP contribution in [0, 0.1) is 0 Å². The van der Waals surface area contributed by atoms with E-state index in [9.17, 15) is 14.4 Å². The third kappa shape index (κ3) is 4.28. The summed E-state index contributed by atoms with van der Waals surface area (Å²) in [5, 5.41) is 3.20. The van der Waals surface area contributed by atoms with Crippen LogP contribution < -0.4 is 15.8 Å². The van der Waals surface area contributed by atoms with Crippen molar-refractivity contribution in [1.29, 1.82) is 0 Å². The average molecular weight is 403 g/mol. The van der Waals surface area contributed by atoms with Gasteiger partial charge < -0.3 is 24.9 Å². The molecule has 3 N–H and O–H groups in total. The molecule has 1 fully saturated rings. The molecule has 1 aromatic heterocycles. The number of fused-ring (bicyclic) bond motifs is 1. The molecule has 2 heterocycles. The van der Waals surface area contributed by atoms with E-state index in [1.165, 1.54) is 12.0 Å². The summed E-state index contributed by atoms with van der Waals surface area (Å²) in [4.78, 5) is 38.7. The van der Waals surface area contributed by atoms with Gasteiger partial charge in [0.2, 0.25) is 11.7 Å². The Balaban J connectivity index is 1.89. The lowest BCUT2D eigenvalue weighted by Crippen LogP contribution is -2.45. The highest BCUT2D eigenvalue weighted by molar-refractivity contribution is 6.11. The molecule has 0 radical (unpaired) electrons. The second kappa shape index (κ2) is 7.65. The summed E-state index contributed by atoms with van der Waals surface area (Å²) in [6.45, 7) is 5.70. The molecule has 0 saturated carbocycles. The van der Waals surface area contributed by atoms with Crippen molar-refractivity contribution in [3.05, 3.63) is 24.0 Å². The van der Waals surface area contributed by atoms with E-state index in [1.807, 2.05) is 0 Å². The largest absolute Gasteiger partial charge is 0.497 e. The van der Waals surface area contributed by atoms with Gasteiger partial charge in [0.05, 0.1) is 7.11 Å². The maximum Gasteiger partial charge on any atom is 0.410 e. The quantitative estimate of drug-likeness (QED) is 0.809. The Bertz CT molecular complexity index is 959. The minimum atomic E-state index is -0.814. The number of carbonyl (C=O) groups excluding carboxylic acids is 3. The molecule has 156 valence electrons. The van der Waals surface area contributed by atoms with Crippen LogP contribution in [0.25, 0.3) is 11.0 Å². The lowest BCUT2D eigenvalue weighted by molar-refractivity contribution is -0.120. The topological polar surface area (TPSA) is 124 Å². The number of ether oxygens (including phenoxy) is 2. The second-order valence-electron chi connectivity index (χ2n) is 7.85. The van der Waals surface area contributed by atoms with Crippen molar-refractivity contribution < 1.29 is 28.3 Å². The van der Waals surface area contributed by atoms with Gasteiger partial charge in [-0.3, -0.25) is 14.5 Å². The first-order valence-corrected chi connectivity index (χ1v) is 9.31. The summed E-state index contributed by atoms with van der Waals surface area (Å²) in [5.41, 5.74) is 5.29. The summed E-state index contributed by atoms with van der Waals surface area (Å²) in [6.07, 6.45) is 0.597. The maximum atomic E-state index is 13.0. The molecular weight excluding hydrogens is 378 g/mol. The molecular formula is C20H25N3O6. The first-order valence-electron chi connectivity index (χ1n) is 9.31. The summed E-state index contributed by atoms with van der Waals surface area (Å²) in [7, 11) is 1.51. The number of amides is 3. The molecule has 9 heteroatoms. The van der Waals surface area contributed by atoms with Crippen LogP contribution in [0.5, 0.6) is 5.75 Å². The van der Waals surface area contributed by atoms with Gasteiger partial charge in [0, 0.05) is 11.9 Å². The van der Waals surface area contributed by atoms with Gasteiger partial charge in [-0.15, -0.1) is 0 Å². The van der Waals surface area contributed by atoms with E-state index >= 15 is 0 Å². The Kier molecular flexibility index (Phi) is 5.41. The number of hydrogen-bond acceptors (Lipinski definition) is 6. The van der Waals surface area contributed by atoms with Crippen LogP contribution in [0.3, 0.4) is 0 Å². The third-order valence-corrected chi connectivity index (χ3v) is 4.55. The van der Waals surface area contributed by atoms with Crippen LogP contribution >= 0.6 is 0 Å². The summed E-state index contributed by atoms with van der Waals surface area (Å²) >= 11 is 0. The normalized spacial score (nSPS) is 16.7. The predicted octanol–water partition coefficient (Wildman–Crippen LogP) is 2.88. The number of nitrogens with zero attached hydrogens (tertiary/aromatic N) is 1. The van der Waals surface area contributed by atoms with Gasteiger partial charge in [-0.1, -0.05) is 0 Å². The number of rotatable bonds is 4. The first kappa shape index (κ1) is 20.5. The summed E-state index contributed by atoms with van der Waals surface area (Å²) in [5.74, 6) is -0.892. The zero-order chi connectivity index (χ0) is 21.3. The minimum Gasteiger partial charge on any atom is -0.497 e. The number of methoxy groups -OCH3 is 1. The molecule has 3 amide bonds. The van der Waals surface area contributed by atoms with Gasteiger partial charge in [-0.25, -0.2) is 4.79 Å². The van der Waals surface area contributed by atoms with Gasteiger partial charge in [0.15, 0.2) is 0 Å². The van der Waals surface area contributed by atoms with Crippen molar-refractivity contribution in [1.82, 2.24) is 4.90 Å². The number of benzene rings is 1.